The molecule has 0 saturated carbocycles. The molecule has 0 bridgehead atoms. The van der Waals surface area contributed by atoms with Crippen LogP contribution in [0.25, 0.3) is 0 Å². The van der Waals surface area contributed by atoms with Crippen molar-refractivity contribution < 1.29 is 9.13 Å². The Hall–Kier alpha value is -1.78. The number of hydrogen-bond donors (Lipinski definition) is 2. The van der Waals surface area contributed by atoms with Gasteiger partial charge in [0.15, 0.2) is 0 Å². The van der Waals surface area contributed by atoms with E-state index in [0.29, 0.717) is 16.3 Å². The number of benzene rings is 2. The summed E-state index contributed by atoms with van der Waals surface area (Å²) in [6, 6.07) is 9.54. The van der Waals surface area contributed by atoms with E-state index < -0.39 is 5.82 Å². The van der Waals surface area contributed by atoms with Crippen molar-refractivity contribution in [2.75, 3.05) is 0 Å². The van der Waals surface area contributed by atoms with E-state index in [1.807, 2.05) is 0 Å². The number of hydrogen-bond acceptors (Lipinski definition) is 2. The Morgan fingerprint density at radius 1 is 1.15 bits per heavy atom. The molecule has 104 valence electrons. The summed E-state index contributed by atoms with van der Waals surface area (Å²) < 4.78 is 19.2. The van der Waals surface area contributed by atoms with Gasteiger partial charge in [0.05, 0.1) is 15.6 Å². The van der Waals surface area contributed by atoms with Gasteiger partial charge in [0, 0.05) is 5.56 Å². The minimum Gasteiger partial charge on any atom is -0.488 e. The molecule has 3 nitrogen and oxygen atoms in total. The lowest BCUT2D eigenvalue weighted by molar-refractivity contribution is 0.299. The van der Waals surface area contributed by atoms with E-state index in [4.69, 9.17) is 39.1 Å². The highest BCUT2D eigenvalue weighted by atomic mass is 35.5. The highest BCUT2D eigenvalue weighted by Gasteiger charge is 2.13. The molecule has 0 aliphatic rings. The highest BCUT2D eigenvalue weighted by molar-refractivity contribution is 6.34. The lowest BCUT2D eigenvalue weighted by Crippen LogP contribution is -2.14. The monoisotopic (exact) mass is 312 g/mol. The topological polar surface area (TPSA) is 59.1 Å². The van der Waals surface area contributed by atoms with Gasteiger partial charge >= 0.3 is 0 Å². The zero-order valence-corrected chi connectivity index (χ0v) is 11.8. The van der Waals surface area contributed by atoms with Crippen LogP contribution in [-0.2, 0) is 6.61 Å². The summed E-state index contributed by atoms with van der Waals surface area (Å²) in [5.41, 5.74) is 6.06. The van der Waals surface area contributed by atoms with Crippen molar-refractivity contribution in [1.29, 1.82) is 5.41 Å². The Balaban J connectivity index is 2.26. The molecule has 0 saturated heterocycles. The molecular weight excluding hydrogens is 302 g/mol. The van der Waals surface area contributed by atoms with Crippen molar-refractivity contribution in [1.82, 2.24) is 0 Å². The van der Waals surface area contributed by atoms with Crippen LogP contribution in [0, 0.1) is 11.2 Å². The van der Waals surface area contributed by atoms with Gasteiger partial charge in [-0.1, -0.05) is 41.4 Å². The zero-order valence-electron chi connectivity index (χ0n) is 10.3. The van der Waals surface area contributed by atoms with Crippen LogP contribution in [-0.4, -0.2) is 5.84 Å². The summed E-state index contributed by atoms with van der Waals surface area (Å²) in [6.07, 6.45) is 0. The molecule has 2 aromatic rings. The van der Waals surface area contributed by atoms with Crippen LogP contribution in [0.1, 0.15) is 11.1 Å². The first kappa shape index (κ1) is 14.6. The maximum atomic E-state index is 13.7. The average molecular weight is 313 g/mol. The Bertz CT molecular complexity index is 662. The van der Waals surface area contributed by atoms with Crippen LogP contribution in [0.3, 0.4) is 0 Å². The standard InChI is InChI=1S/C14H11Cl2FN2O/c15-9-4-2-6-11(12(9)14(18)19)20-7-8-3-1-5-10(16)13(8)17/h1-6H,7H2,(H3,18,19). The second-order valence-corrected chi connectivity index (χ2v) is 4.84. The van der Waals surface area contributed by atoms with E-state index in [2.05, 4.69) is 0 Å². The Morgan fingerprint density at radius 2 is 1.80 bits per heavy atom. The second kappa shape index (κ2) is 6.11. The molecule has 0 atom stereocenters. The molecule has 0 unspecified atom stereocenters. The van der Waals surface area contributed by atoms with E-state index in [-0.39, 0.29) is 23.0 Å². The third-order valence-corrected chi connectivity index (χ3v) is 3.27. The Kier molecular flexibility index (Phi) is 4.47. The summed E-state index contributed by atoms with van der Waals surface area (Å²) in [4.78, 5) is 0. The minimum absolute atomic E-state index is 0.0315. The number of nitrogens with one attached hydrogen (secondary N) is 1. The summed E-state index contributed by atoms with van der Waals surface area (Å²) in [6.45, 7) is -0.0347. The van der Waals surface area contributed by atoms with Crippen LogP contribution < -0.4 is 10.5 Å². The predicted octanol–water partition coefficient (Wildman–Crippen LogP) is 4.00. The van der Waals surface area contributed by atoms with E-state index in [0.717, 1.165) is 0 Å². The van der Waals surface area contributed by atoms with Gasteiger partial charge in [0.2, 0.25) is 0 Å². The summed E-state index contributed by atoms with van der Waals surface area (Å²) in [7, 11) is 0. The Morgan fingerprint density at radius 3 is 2.50 bits per heavy atom. The normalized spacial score (nSPS) is 10.3. The van der Waals surface area contributed by atoms with Crippen molar-refractivity contribution in [2.45, 2.75) is 6.61 Å². The number of ether oxygens (including phenoxy) is 1. The van der Waals surface area contributed by atoms with Gasteiger partial charge < -0.3 is 10.5 Å². The largest absolute Gasteiger partial charge is 0.488 e. The Labute approximate surface area is 125 Å². The second-order valence-electron chi connectivity index (χ2n) is 4.03. The van der Waals surface area contributed by atoms with Crippen LogP contribution in [0.5, 0.6) is 5.75 Å². The molecule has 3 N–H and O–H groups in total. The predicted molar refractivity (Wildman–Crippen MR) is 78.2 cm³/mol. The SMILES string of the molecule is N=C(N)c1c(Cl)cccc1OCc1cccc(Cl)c1F. The van der Waals surface area contributed by atoms with Gasteiger partial charge in [-0.3, -0.25) is 5.41 Å². The van der Waals surface area contributed by atoms with Gasteiger partial charge in [-0.15, -0.1) is 0 Å². The van der Waals surface area contributed by atoms with E-state index in [1.165, 1.54) is 6.07 Å². The summed E-state index contributed by atoms with van der Waals surface area (Å²) in [5.74, 6) is -0.415. The van der Waals surface area contributed by atoms with Gasteiger partial charge in [-0.2, -0.15) is 0 Å². The molecule has 0 amide bonds. The van der Waals surface area contributed by atoms with Gasteiger partial charge in [0.1, 0.15) is 24.0 Å². The van der Waals surface area contributed by atoms with Crippen molar-refractivity contribution in [3.8, 4) is 5.75 Å². The maximum Gasteiger partial charge on any atom is 0.148 e. The highest BCUT2D eigenvalue weighted by Crippen LogP contribution is 2.27. The quantitative estimate of drug-likeness (QED) is 0.662. The number of nitrogens with two attached hydrogens (primary N) is 1. The first-order chi connectivity index (χ1) is 9.50. The van der Waals surface area contributed by atoms with Crippen molar-refractivity contribution in [2.24, 2.45) is 5.73 Å². The molecule has 2 aromatic carbocycles. The van der Waals surface area contributed by atoms with Gasteiger partial charge in [0.25, 0.3) is 0 Å². The number of rotatable bonds is 4. The zero-order chi connectivity index (χ0) is 14.7. The third kappa shape index (κ3) is 3.03. The molecule has 0 aliphatic heterocycles. The van der Waals surface area contributed by atoms with E-state index >= 15 is 0 Å². The van der Waals surface area contributed by atoms with Crippen LogP contribution >= 0.6 is 23.2 Å². The first-order valence-electron chi connectivity index (χ1n) is 5.69. The molecule has 0 spiro atoms. The number of halogens is 3. The molecule has 0 fully saturated rings. The summed E-state index contributed by atoms with van der Waals surface area (Å²) >= 11 is 11.7. The minimum atomic E-state index is -0.527. The van der Waals surface area contributed by atoms with Gasteiger partial charge in [-0.25, -0.2) is 4.39 Å². The van der Waals surface area contributed by atoms with Crippen LogP contribution in [0.2, 0.25) is 10.0 Å². The van der Waals surface area contributed by atoms with Gasteiger partial charge in [-0.05, 0) is 18.2 Å². The molecule has 20 heavy (non-hydrogen) atoms. The fraction of sp³-hybridized carbons (Fsp3) is 0.0714. The molecular formula is C14H11Cl2FN2O. The van der Waals surface area contributed by atoms with E-state index in [9.17, 15) is 4.39 Å². The summed E-state index contributed by atoms with van der Waals surface area (Å²) in [5, 5.41) is 7.83. The smallest absolute Gasteiger partial charge is 0.148 e. The lowest BCUT2D eigenvalue weighted by atomic mass is 10.2. The van der Waals surface area contributed by atoms with E-state index in [1.54, 1.807) is 30.3 Å². The van der Waals surface area contributed by atoms with Crippen LogP contribution in [0.4, 0.5) is 4.39 Å². The first-order valence-corrected chi connectivity index (χ1v) is 6.45. The van der Waals surface area contributed by atoms with Crippen molar-refractivity contribution in [3.05, 3.63) is 63.4 Å². The third-order valence-electron chi connectivity index (χ3n) is 2.66. The molecule has 6 heteroatoms. The fourth-order valence-electron chi connectivity index (χ4n) is 1.70. The maximum absolute atomic E-state index is 13.7. The number of amidine groups is 1. The number of nitrogen functional groups attached to an aromatic ring is 1. The lowest BCUT2D eigenvalue weighted by Gasteiger charge is -2.12. The fourth-order valence-corrected chi connectivity index (χ4v) is 2.16. The van der Waals surface area contributed by atoms with Crippen LogP contribution in [0.15, 0.2) is 36.4 Å². The van der Waals surface area contributed by atoms with Crippen molar-refractivity contribution >= 4 is 29.0 Å². The molecule has 0 radical (unpaired) electrons. The molecule has 2 rings (SSSR count). The van der Waals surface area contributed by atoms with Crippen molar-refractivity contribution in [3.63, 3.8) is 0 Å². The average Bonchev–Trinajstić information content (AvgIpc) is 2.40. The molecule has 0 heterocycles. The molecule has 0 aromatic heterocycles. The molecule has 0 aliphatic carbocycles.